The summed E-state index contributed by atoms with van der Waals surface area (Å²) in [6.07, 6.45) is 1.76. The Morgan fingerprint density at radius 3 is 2.47 bits per heavy atom. The van der Waals surface area contributed by atoms with E-state index in [4.69, 9.17) is 11.6 Å². The zero-order valence-corrected chi connectivity index (χ0v) is 9.25. The summed E-state index contributed by atoms with van der Waals surface area (Å²) in [5.41, 5.74) is 9.36. The normalized spacial score (nSPS) is 21.5. The first kappa shape index (κ1) is 10.0. The summed E-state index contributed by atoms with van der Waals surface area (Å²) < 4.78 is -0.108. The Hall–Kier alpha value is -2.17. The lowest BCUT2D eigenvalue weighted by atomic mass is 10.1. The molecule has 4 heteroatoms. The van der Waals surface area contributed by atoms with Crippen molar-refractivity contribution in [2.45, 2.75) is 0 Å². The van der Waals surface area contributed by atoms with E-state index in [0.29, 0.717) is 5.69 Å². The molecule has 1 unspecified atom stereocenters. The number of nitrogens with two attached hydrogens (primary N) is 2. The Labute approximate surface area is 99.3 Å². The van der Waals surface area contributed by atoms with E-state index in [9.17, 15) is 0 Å². The first-order valence-corrected chi connectivity index (χ1v) is 5.40. The van der Waals surface area contributed by atoms with Crippen molar-refractivity contribution in [3.63, 3.8) is 0 Å². The predicted octanol–water partition coefficient (Wildman–Crippen LogP) is 2.13. The van der Waals surface area contributed by atoms with Crippen LogP contribution in [0.4, 0.5) is 17.1 Å². The molecule has 0 saturated heterocycles. The summed E-state index contributed by atoms with van der Waals surface area (Å²) in [6.45, 7) is 0. The summed E-state index contributed by atoms with van der Waals surface area (Å²) in [4.78, 5) is 0. The largest absolute Gasteiger partial charge is 0.394 e. The molecule has 0 saturated carbocycles. The number of hydrogen-bond donors (Lipinski definition) is 2. The molecule has 4 N–H and O–H groups in total. The quantitative estimate of drug-likeness (QED) is 0.443. The number of nitrogens with zero attached hydrogens (tertiary/aromatic N) is 2. The topological polar surface area (TPSA) is 64.4 Å². The van der Waals surface area contributed by atoms with Gasteiger partial charge in [-0.3, -0.25) is 0 Å². The van der Waals surface area contributed by atoms with Gasteiger partial charge in [0.2, 0.25) is 5.69 Å². The summed E-state index contributed by atoms with van der Waals surface area (Å²) >= 11 is 0. The minimum atomic E-state index is -0.108. The third-order valence-corrected chi connectivity index (χ3v) is 2.97. The molecule has 0 aliphatic carbocycles. The van der Waals surface area contributed by atoms with E-state index in [-0.39, 0.29) is 4.70 Å². The fraction of sp³-hybridized carbons (Fsp3) is 0. The number of anilines is 1. The van der Waals surface area contributed by atoms with Gasteiger partial charge in [0.15, 0.2) is 5.69 Å². The van der Waals surface area contributed by atoms with E-state index in [1.807, 2.05) is 48.5 Å². The highest BCUT2D eigenvalue weighted by atomic mass is 15.8. The SMILES string of the molecule is Nc1cccc2c1[N+](N)(c1ccccc1)N=C2. The second kappa shape index (κ2) is 3.41. The fourth-order valence-electron chi connectivity index (χ4n) is 2.14. The van der Waals surface area contributed by atoms with Crippen LogP contribution in [0.3, 0.4) is 0 Å². The standard InChI is InChI=1S/C13H13N4/c14-12-8-4-5-10-9-16-17(15,13(10)12)11-6-2-1-3-7-11/h1-9H,14-15H2/q+1. The maximum absolute atomic E-state index is 6.35. The fourth-order valence-corrected chi connectivity index (χ4v) is 2.14. The van der Waals surface area contributed by atoms with Gasteiger partial charge in [0.25, 0.3) is 0 Å². The van der Waals surface area contributed by atoms with Crippen molar-refractivity contribution in [3.8, 4) is 0 Å². The van der Waals surface area contributed by atoms with Crippen LogP contribution in [0.2, 0.25) is 0 Å². The van der Waals surface area contributed by atoms with Gasteiger partial charge in [-0.25, -0.2) is 0 Å². The lowest BCUT2D eigenvalue weighted by molar-refractivity contribution is 0.434. The van der Waals surface area contributed by atoms with Gasteiger partial charge in [0.1, 0.15) is 0 Å². The molecule has 2 aromatic rings. The minimum absolute atomic E-state index is 0.108. The first-order valence-electron chi connectivity index (χ1n) is 5.40. The van der Waals surface area contributed by atoms with Crippen LogP contribution in [0.5, 0.6) is 0 Å². The summed E-state index contributed by atoms with van der Waals surface area (Å²) in [5, 5.41) is 4.38. The van der Waals surface area contributed by atoms with Gasteiger partial charge in [0.05, 0.1) is 17.5 Å². The van der Waals surface area contributed by atoms with Crippen molar-refractivity contribution in [3.05, 3.63) is 54.1 Å². The van der Waals surface area contributed by atoms with Crippen LogP contribution in [-0.2, 0) is 0 Å². The first-order chi connectivity index (χ1) is 8.22. The average Bonchev–Trinajstić information content (AvgIpc) is 2.71. The van der Waals surface area contributed by atoms with Gasteiger partial charge >= 0.3 is 0 Å². The maximum Gasteiger partial charge on any atom is 0.216 e. The lowest BCUT2D eigenvalue weighted by Gasteiger charge is -2.23. The predicted molar refractivity (Wildman–Crippen MR) is 70.5 cm³/mol. The molecule has 1 aliphatic rings. The average molecular weight is 225 g/mol. The summed E-state index contributed by atoms with van der Waals surface area (Å²) in [7, 11) is 0. The van der Waals surface area contributed by atoms with Crippen LogP contribution in [0.25, 0.3) is 0 Å². The van der Waals surface area contributed by atoms with E-state index >= 15 is 0 Å². The Kier molecular flexibility index (Phi) is 2.01. The number of nitrogen functional groups attached to an aromatic ring is 1. The van der Waals surface area contributed by atoms with Crippen molar-refractivity contribution in [2.75, 3.05) is 5.73 Å². The maximum atomic E-state index is 6.35. The van der Waals surface area contributed by atoms with E-state index in [1.54, 1.807) is 6.21 Å². The second-order valence-electron chi connectivity index (χ2n) is 4.05. The van der Waals surface area contributed by atoms with Crippen LogP contribution >= 0.6 is 0 Å². The third-order valence-electron chi connectivity index (χ3n) is 2.97. The number of fused-ring (bicyclic) bond motifs is 1. The summed E-state index contributed by atoms with van der Waals surface area (Å²) in [5.74, 6) is 6.35. The Morgan fingerprint density at radius 1 is 0.941 bits per heavy atom. The van der Waals surface area contributed by atoms with Crippen molar-refractivity contribution in [2.24, 2.45) is 10.9 Å². The van der Waals surface area contributed by atoms with Crippen molar-refractivity contribution in [1.82, 2.24) is 4.70 Å². The molecule has 1 heterocycles. The number of quaternary nitrogens is 1. The van der Waals surface area contributed by atoms with Gasteiger partial charge in [0, 0.05) is 12.1 Å². The molecule has 84 valence electrons. The van der Waals surface area contributed by atoms with E-state index in [0.717, 1.165) is 16.9 Å². The smallest absolute Gasteiger partial charge is 0.216 e. The highest BCUT2D eigenvalue weighted by Gasteiger charge is 2.38. The minimum Gasteiger partial charge on any atom is -0.394 e. The van der Waals surface area contributed by atoms with Gasteiger partial charge in [-0.2, -0.15) is 0 Å². The number of benzene rings is 2. The molecule has 17 heavy (non-hydrogen) atoms. The van der Waals surface area contributed by atoms with Gasteiger partial charge in [-0.05, 0) is 12.1 Å². The number of para-hydroxylation sites is 2. The Bertz CT molecular complexity index is 592. The number of hydrogen-bond acceptors (Lipinski definition) is 3. The molecule has 0 radical (unpaired) electrons. The van der Waals surface area contributed by atoms with Gasteiger partial charge in [-0.15, -0.1) is 5.84 Å². The molecule has 1 atom stereocenters. The molecule has 4 nitrogen and oxygen atoms in total. The van der Waals surface area contributed by atoms with Crippen LogP contribution in [0.15, 0.2) is 53.6 Å². The molecule has 1 aliphatic heterocycles. The van der Waals surface area contributed by atoms with E-state index in [1.165, 1.54) is 0 Å². The Balaban J connectivity index is 2.24. The third kappa shape index (κ3) is 1.35. The zero-order valence-electron chi connectivity index (χ0n) is 9.25. The molecule has 2 aromatic carbocycles. The second-order valence-corrected chi connectivity index (χ2v) is 4.05. The van der Waals surface area contributed by atoms with Crippen LogP contribution < -0.4 is 16.3 Å². The molecular formula is C13H13N4+. The summed E-state index contributed by atoms with van der Waals surface area (Å²) in [6, 6.07) is 15.4. The molecule has 0 aromatic heterocycles. The number of rotatable bonds is 1. The van der Waals surface area contributed by atoms with E-state index < -0.39 is 0 Å². The van der Waals surface area contributed by atoms with Crippen LogP contribution in [0, 0.1) is 0 Å². The highest BCUT2D eigenvalue weighted by molar-refractivity contribution is 5.97. The van der Waals surface area contributed by atoms with E-state index in [2.05, 4.69) is 5.10 Å². The van der Waals surface area contributed by atoms with Crippen LogP contribution in [0.1, 0.15) is 5.56 Å². The lowest BCUT2D eigenvalue weighted by Crippen LogP contribution is -2.44. The molecule has 0 bridgehead atoms. The van der Waals surface area contributed by atoms with Gasteiger partial charge in [-0.1, -0.05) is 34.1 Å². The molecule has 0 fully saturated rings. The van der Waals surface area contributed by atoms with Crippen molar-refractivity contribution >= 4 is 23.3 Å². The highest BCUT2D eigenvalue weighted by Crippen LogP contribution is 2.40. The molecular weight excluding hydrogens is 212 g/mol. The van der Waals surface area contributed by atoms with Crippen molar-refractivity contribution < 1.29 is 0 Å². The van der Waals surface area contributed by atoms with Crippen LogP contribution in [-0.4, -0.2) is 6.21 Å². The monoisotopic (exact) mass is 225 g/mol. The molecule has 3 rings (SSSR count). The Morgan fingerprint density at radius 2 is 1.71 bits per heavy atom. The zero-order chi connectivity index (χ0) is 11.9. The van der Waals surface area contributed by atoms with Crippen molar-refractivity contribution in [1.29, 1.82) is 0 Å². The van der Waals surface area contributed by atoms with Gasteiger partial charge < -0.3 is 5.73 Å². The molecule has 0 spiro atoms. The molecule has 0 amide bonds.